The SMILES string of the molecule is COc1ccc(Cn2c(=O)c3oc4ccccc4c3n(CC(=O)Nc3ccccc3C(F)(F)F)c2=O)cc1. The molecule has 0 aliphatic rings. The van der Waals surface area contributed by atoms with Gasteiger partial charge in [-0.25, -0.2) is 4.79 Å². The molecule has 0 fully saturated rings. The van der Waals surface area contributed by atoms with Crippen molar-refractivity contribution in [2.24, 2.45) is 0 Å². The summed E-state index contributed by atoms with van der Waals surface area (Å²) in [6.45, 7) is -0.791. The number of para-hydroxylation sites is 2. The van der Waals surface area contributed by atoms with E-state index in [1.165, 1.54) is 19.2 Å². The van der Waals surface area contributed by atoms with E-state index < -0.39 is 41.1 Å². The quantitative estimate of drug-likeness (QED) is 0.350. The molecule has 0 saturated heterocycles. The Morgan fingerprint density at radius 2 is 1.63 bits per heavy atom. The number of fused-ring (bicyclic) bond motifs is 3. The molecule has 0 aliphatic heterocycles. The van der Waals surface area contributed by atoms with Crippen molar-refractivity contribution in [1.82, 2.24) is 9.13 Å². The first-order valence-electron chi connectivity index (χ1n) is 11.4. The molecule has 1 N–H and O–H groups in total. The number of anilines is 1. The first-order chi connectivity index (χ1) is 18.2. The van der Waals surface area contributed by atoms with Crippen LogP contribution < -0.4 is 21.3 Å². The highest BCUT2D eigenvalue weighted by atomic mass is 19.4. The number of hydrogen-bond donors (Lipinski definition) is 1. The monoisotopic (exact) mass is 523 g/mol. The summed E-state index contributed by atoms with van der Waals surface area (Å²) in [6, 6.07) is 17.8. The predicted molar refractivity (Wildman–Crippen MR) is 134 cm³/mol. The number of halogens is 3. The van der Waals surface area contributed by atoms with Gasteiger partial charge in [0.2, 0.25) is 11.5 Å². The molecule has 0 unspecified atom stereocenters. The number of amides is 1. The molecule has 8 nitrogen and oxygen atoms in total. The lowest BCUT2D eigenvalue weighted by molar-refractivity contribution is -0.137. The van der Waals surface area contributed by atoms with Crippen LogP contribution in [0.3, 0.4) is 0 Å². The average molecular weight is 523 g/mol. The smallest absolute Gasteiger partial charge is 0.418 e. The molecule has 5 aromatic rings. The summed E-state index contributed by atoms with van der Waals surface area (Å²) in [7, 11) is 1.51. The number of ether oxygens (including phenoxy) is 1. The molecule has 0 spiro atoms. The maximum atomic E-state index is 13.6. The number of alkyl halides is 3. The second kappa shape index (κ2) is 9.58. The Morgan fingerprint density at radius 3 is 2.34 bits per heavy atom. The van der Waals surface area contributed by atoms with Gasteiger partial charge in [0.05, 0.1) is 24.9 Å². The standard InChI is InChI=1S/C27H20F3N3O5/c1-37-17-12-10-16(11-13-17)14-33-25(35)24-23(18-6-2-5-9-21(18)38-24)32(26(33)36)15-22(34)31-20-8-4-3-7-19(20)27(28,29)30/h2-13H,14-15H2,1H3,(H,31,34). The lowest BCUT2D eigenvalue weighted by Gasteiger charge is -2.15. The van der Waals surface area contributed by atoms with Crippen LogP contribution in [0.25, 0.3) is 22.1 Å². The van der Waals surface area contributed by atoms with E-state index in [9.17, 15) is 27.6 Å². The van der Waals surface area contributed by atoms with Crippen LogP contribution in [-0.2, 0) is 24.1 Å². The number of benzene rings is 3. The van der Waals surface area contributed by atoms with Crippen LogP contribution in [0.4, 0.5) is 18.9 Å². The Labute approximate surface area is 212 Å². The number of aromatic nitrogens is 2. The average Bonchev–Trinajstić information content (AvgIpc) is 3.29. The van der Waals surface area contributed by atoms with Crippen molar-refractivity contribution < 1.29 is 27.1 Å². The molecule has 1 amide bonds. The second-order valence-corrected chi connectivity index (χ2v) is 8.48. The van der Waals surface area contributed by atoms with Crippen LogP contribution >= 0.6 is 0 Å². The van der Waals surface area contributed by atoms with Crippen LogP contribution in [0.5, 0.6) is 5.75 Å². The van der Waals surface area contributed by atoms with Crippen LogP contribution in [0, 0.1) is 0 Å². The summed E-state index contributed by atoms with van der Waals surface area (Å²) in [5.41, 5.74) is -2.13. The Balaban J connectivity index is 1.62. The summed E-state index contributed by atoms with van der Waals surface area (Å²) >= 11 is 0. The van der Waals surface area contributed by atoms with E-state index in [2.05, 4.69) is 5.32 Å². The van der Waals surface area contributed by atoms with E-state index in [-0.39, 0.29) is 17.6 Å². The number of furan rings is 1. The normalized spacial score (nSPS) is 11.7. The number of nitrogens with zero attached hydrogens (tertiary/aromatic N) is 2. The van der Waals surface area contributed by atoms with Gasteiger partial charge < -0.3 is 14.5 Å². The zero-order chi connectivity index (χ0) is 27.0. The van der Waals surface area contributed by atoms with Crippen molar-refractivity contribution in [2.45, 2.75) is 19.3 Å². The molecule has 5 rings (SSSR count). The minimum absolute atomic E-state index is 0.0841. The van der Waals surface area contributed by atoms with E-state index in [4.69, 9.17) is 9.15 Å². The van der Waals surface area contributed by atoms with Crippen molar-refractivity contribution in [3.8, 4) is 5.75 Å². The van der Waals surface area contributed by atoms with E-state index in [1.807, 2.05) is 0 Å². The van der Waals surface area contributed by atoms with Crippen LogP contribution in [0.15, 0.2) is 86.8 Å². The Morgan fingerprint density at radius 1 is 0.947 bits per heavy atom. The summed E-state index contributed by atoms with van der Waals surface area (Å²) < 4.78 is 53.1. The lowest BCUT2D eigenvalue weighted by Crippen LogP contribution is -2.41. The van der Waals surface area contributed by atoms with Crippen molar-refractivity contribution >= 4 is 33.7 Å². The maximum absolute atomic E-state index is 13.6. The molecule has 2 aromatic heterocycles. The highest BCUT2D eigenvalue weighted by molar-refractivity contribution is 6.03. The van der Waals surface area contributed by atoms with Gasteiger partial charge in [0.25, 0.3) is 5.56 Å². The molecule has 3 aromatic carbocycles. The fourth-order valence-electron chi connectivity index (χ4n) is 4.27. The fourth-order valence-corrected chi connectivity index (χ4v) is 4.27. The van der Waals surface area contributed by atoms with Crippen LogP contribution in [0.2, 0.25) is 0 Å². The van der Waals surface area contributed by atoms with Gasteiger partial charge in [-0.15, -0.1) is 0 Å². The van der Waals surface area contributed by atoms with E-state index in [1.54, 1.807) is 48.5 Å². The first kappa shape index (κ1) is 24.9. The Hall–Kier alpha value is -4.80. The maximum Gasteiger partial charge on any atom is 0.418 e. The molecule has 0 bridgehead atoms. The van der Waals surface area contributed by atoms with E-state index in [0.717, 1.165) is 21.3 Å². The molecular weight excluding hydrogens is 503 g/mol. The van der Waals surface area contributed by atoms with Crippen molar-refractivity contribution in [2.75, 3.05) is 12.4 Å². The molecule has 38 heavy (non-hydrogen) atoms. The van der Waals surface area contributed by atoms with Crippen molar-refractivity contribution in [1.29, 1.82) is 0 Å². The summed E-state index contributed by atoms with van der Waals surface area (Å²) in [5.74, 6) is -0.299. The second-order valence-electron chi connectivity index (χ2n) is 8.48. The summed E-state index contributed by atoms with van der Waals surface area (Å²) in [6.07, 6.45) is -4.69. The molecule has 0 aliphatic carbocycles. The summed E-state index contributed by atoms with van der Waals surface area (Å²) in [5, 5.41) is 2.66. The molecular formula is C27H20F3N3O5. The fraction of sp³-hybridized carbons (Fsp3) is 0.148. The van der Waals surface area contributed by atoms with Gasteiger partial charge in [-0.2, -0.15) is 13.2 Å². The molecule has 194 valence electrons. The molecule has 0 radical (unpaired) electrons. The van der Waals surface area contributed by atoms with Gasteiger partial charge in [-0.1, -0.05) is 36.4 Å². The largest absolute Gasteiger partial charge is 0.497 e. The van der Waals surface area contributed by atoms with E-state index in [0.29, 0.717) is 22.3 Å². The van der Waals surface area contributed by atoms with Crippen LogP contribution in [0.1, 0.15) is 11.1 Å². The van der Waals surface area contributed by atoms with Crippen molar-refractivity contribution in [3.63, 3.8) is 0 Å². The highest BCUT2D eigenvalue weighted by Gasteiger charge is 2.33. The Bertz CT molecular complexity index is 1780. The van der Waals surface area contributed by atoms with Gasteiger partial charge in [0, 0.05) is 5.39 Å². The molecule has 0 atom stereocenters. The summed E-state index contributed by atoms with van der Waals surface area (Å²) in [4.78, 5) is 39.9. The minimum atomic E-state index is -4.69. The zero-order valence-electron chi connectivity index (χ0n) is 19.9. The number of nitrogens with one attached hydrogen (secondary N) is 1. The lowest BCUT2D eigenvalue weighted by atomic mass is 10.1. The third-order valence-electron chi connectivity index (χ3n) is 6.05. The number of hydrogen-bond acceptors (Lipinski definition) is 5. The van der Waals surface area contributed by atoms with Gasteiger partial charge in [-0.05, 0) is 42.0 Å². The van der Waals surface area contributed by atoms with Gasteiger partial charge in [-0.3, -0.25) is 18.7 Å². The number of methoxy groups -OCH3 is 1. The Kier molecular flexibility index (Phi) is 6.27. The third-order valence-corrected chi connectivity index (χ3v) is 6.05. The number of carbonyl (C=O) groups excluding carboxylic acids is 1. The third kappa shape index (κ3) is 4.54. The number of rotatable bonds is 6. The van der Waals surface area contributed by atoms with Crippen LogP contribution in [-0.4, -0.2) is 22.2 Å². The zero-order valence-corrected chi connectivity index (χ0v) is 19.9. The van der Waals surface area contributed by atoms with Gasteiger partial charge in [0.1, 0.15) is 23.4 Å². The minimum Gasteiger partial charge on any atom is -0.497 e. The molecule has 0 saturated carbocycles. The highest BCUT2D eigenvalue weighted by Crippen LogP contribution is 2.34. The molecule has 11 heteroatoms. The topological polar surface area (TPSA) is 95.5 Å². The first-order valence-corrected chi connectivity index (χ1v) is 11.4. The van der Waals surface area contributed by atoms with E-state index >= 15 is 0 Å². The number of carbonyl (C=O) groups is 1. The predicted octanol–water partition coefficient (Wildman–Crippen LogP) is 4.62. The van der Waals surface area contributed by atoms with Crippen molar-refractivity contribution in [3.05, 3.63) is 105 Å². The molecule has 2 heterocycles. The van der Waals surface area contributed by atoms with Gasteiger partial charge >= 0.3 is 11.9 Å². The van der Waals surface area contributed by atoms with Gasteiger partial charge in [0.15, 0.2) is 0 Å².